The van der Waals surface area contributed by atoms with E-state index in [-0.39, 0.29) is 24.8 Å². The Morgan fingerprint density at radius 2 is 1.42 bits per heavy atom. The molecule has 1 fully saturated rings. The van der Waals surface area contributed by atoms with E-state index >= 15 is 0 Å². The van der Waals surface area contributed by atoms with Crippen LogP contribution in [-0.2, 0) is 15.1 Å². The maximum atomic E-state index is 13.2. The molecule has 246 valence electrons. The first-order chi connectivity index (χ1) is 23.3. The molecule has 0 radical (unpaired) electrons. The molecule has 5 aromatic rings. The van der Waals surface area contributed by atoms with Gasteiger partial charge >= 0.3 is 5.69 Å². The summed E-state index contributed by atoms with van der Waals surface area (Å²) < 4.78 is 25.4. The summed E-state index contributed by atoms with van der Waals surface area (Å²) in [4.78, 5) is 30.0. The number of carbonyl (C=O) groups excluding carboxylic acids is 1. The second kappa shape index (κ2) is 14.2. The molecule has 10 heteroatoms. The number of methoxy groups -OCH3 is 2. The third kappa shape index (κ3) is 6.59. The number of aliphatic hydroxyl groups is 1. The number of aryl methyl sites for hydroxylation is 1. The largest absolute Gasteiger partial charge is 0.497 e. The first-order valence-corrected chi connectivity index (χ1v) is 15.6. The molecule has 6 rings (SSSR count). The van der Waals surface area contributed by atoms with Crippen molar-refractivity contribution in [3.8, 4) is 11.5 Å². The fourth-order valence-electron chi connectivity index (χ4n) is 5.99. The summed E-state index contributed by atoms with van der Waals surface area (Å²) in [5, 5.41) is 13.9. The van der Waals surface area contributed by atoms with Crippen LogP contribution in [0, 0.1) is 6.92 Å². The van der Waals surface area contributed by atoms with Gasteiger partial charge in [-0.3, -0.25) is 9.36 Å². The van der Waals surface area contributed by atoms with E-state index in [1.165, 1.54) is 4.57 Å². The van der Waals surface area contributed by atoms with Crippen LogP contribution in [0.2, 0.25) is 0 Å². The Morgan fingerprint density at radius 1 is 0.875 bits per heavy atom. The molecule has 1 amide bonds. The molecule has 4 aromatic carbocycles. The van der Waals surface area contributed by atoms with Gasteiger partial charge in [0.15, 0.2) is 0 Å². The van der Waals surface area contributed by atoms with Gasteiger partial charge in [0.05, 0.1) is 26.9 Å². The molecule has 0 bridgehead atoms. The van der Waals surface area contributed by atoms with E-state index in [0.29, 0.717) is 22.6 Å². The lowest BCUT2D eigenvalue weighted by atomic mass is 9.80. The predicted octanol–water partition coefficient (Wildman–Crippen LogP) is 5.48. The van der Waals surface area contributed by atoms with Gasteiger partial charge in [-0.15, -0.1) is 0 Å². The lowest BCUT2D eigenvalue weighted by Crippen LogP contribution is -2.38. The smallest absolute Gasteiger partial charge is 0.351 e. The van der Waals surface area contributed by atoms with Gasteiger partial charge in [-0.05, 0) is 60.0 Å². The minimum absolute atomic E-state index is 0.00298. The third-order valence-electron chi connectivity index (χ3n) is 8.55. The van der Waals surface area contributed by atoms with Gasteiger partial charge in [0.1, 0.15) is 35.2 Å². The molecule has 3 atom stereocenters. The molecule has 0 spiro atoms. The van der Waals surface area contributed by atoms with Crippen molar-refractivity contribution in [2.45, 2.75) is 37.4 Å². The fraction of sp³-hybridized carbons (Fsp3) is 0.237. The summed E-state index contributed by atoms with van der Waals surface area (Å²) in [6.07, 6.45) is -0.758. The first-order valence-electron chi connectivity index (χ1n) is 15.6. The average molecular weight is 648 g/mol. The Labute approximate surface area is 278 Å². The molecular weight excluding hydrogens is 610 g/mol. The van der Waals surface area contributed by atoms with Crippen LogP contribution in [0.25, 0.3) is 0 Å². The summed E-state index contributed by atoms with van der Waals surface area (Å²) >= 11 is 0. The number of nitrogens with one attached hydrogen (secondary N) is 1. The standard InChI is InChI=1S/C38H37N3O7/c1-25-23-41(37(44)40-35(25)39-36(43)26-10-6-4-7-11-26)34-22-32(42)33(48-34)24-47-38(27-12-8-5-9-13-27,28-14-18-30(45-2)19-15-28)29-16-20-31(46-3)21-17-29/h4-21,23,32-34,42H,22,24H2,1-3H3,(H,39,40,43,44)/t32?,33-,34-/m1/s1. The molecule has 2 N–H and O–H groups in total. The zero-order chi connectivity index (χ0) is 33.7. The van der Waals surface area contributed by atoms with Gasteiger partial charge in [0, 0.05) is 23.7 Å². The Kier molecular flexibility index (Phi) is 9.67. The molecule has 1 aliphatic heterocycles. The number of nitrogens with zero attached hydrogens (tertiary/aromatic N) is 2. The fourth-order valence-corrected chi connectivity index (χ4v) is 5.99. The Hall–Kier alpha value is -5.29. The Morgan fingerprint density at radius 3 is 1.98 bits per heavy atom. The lowest BCUT2D eigenvalue weighted by molar-refractivity contribution is -0.0944. The molecule has 10 nitrogen and oxygen atoms in total. The zero-order valence-electron chi connectivity index (χ0n) is 26.9. The summed E-state index contributed by atoms with van der Waals surface area (Å²) in [7, 11) is 3.23. The van der Waals surface area contributed by atoms with E-state index in [1.54, 1.807) is 51.6 Å². The highest BCUT2D eigenvalue weighted by atomic mass is 16.6. The van der Waals surface area contributed by atoms with Crippen molar-refractivity contribution in [3.63, 3.8) is 0 Å². The van der Waals surface area contributed by atoms with Crippen LogP contribution in [0.4, 0.5) is 5.82 Å². The molecule has 1 aromatic heterocycles. The van der Waals surface area contributed by atoms with Crippen LogP contribution in [0.3, 0.4) is 0 Å². The summed E-state index contributed by atoms with van der Waals surface area (Å²) in [6, 6.07) is 33.9. The number of rotatable bonds is 11. The van der Waals surface area contributed by atoms with Gasteiger partial charge in [0.2, 0.25) is 0 Å². The minimum atomic E-state index is -1.10. The molecule has 48 heavy (non-hydrogen) atoms. The number of amides is 1. The Balaban J connectivity index is 1.28. The number of anilines is 1. The maximum absolute atomic E-state index is 13.2. The number of hydrogen-bond acceptors (Lipinski definition) is 8. The molecule has 1 saturated heterocycles. The SMILES string of the molecule is COc1ccc(C(OC[C@H]2O[C@@H](n3cc(C)c(NC(=O)c4ccccc4)nc3=O)CC2O)(c2ccccc2)c2ccc(OC)cc2)cc1. The molecule has 1 unspecified atom stereocenters. The van der Waals surface area contributed by atoms with Crippen LogP contribution >= 0.6 is 0 Å². The average Bonchev–Trinajstić information content (AvgIpc) is 3.50. The van der Waals surface area contributed by atoms with E-state index < -0.39 is 29.7 Å². The van der Waals surface area contributed by atoms with E-state index in [9.17, 15) is 14.7 Å². The molecular formula is C38H37N3O7. The Bertz CT molecular complexity index is 1850. The molecule has 0 aliphatic carbocycles. The van der Waals surface area contributed by atoms with Crippen LogP contribution < -0.4 is 20.5 Å². The number of ether oxygens (including phenoxy) is 4. The van der Waals surface area contributed by atoms with E-state index in [2.05, 4.69) is 10.3 Å². The molecule has 1 aliphatic rings. The van der Waals surface area contributed by atoms with Crippen molar-refractivity contribution < 1.29 is 28.8 Å². The number of carbonyl (C=O) groups is 1. The van der Waals surface area contributed by atoms with Crippen molar-refractivity contribution >= 4 is 11.7 Å². The molecule has 2 heterocycles. The van der Waals surface area contributed by atoms with Crippen LogP contribution in [0.1, 0.15) is 45.3 Å². The topological polar surface area (TPSA) is 121 Å². The molecule has 0 saturated carbocycles. The van der Waals surface area contributed by atoms with Crippen molar-refractivity contribution in [3.05, 3.63) is 154 Å². The minimum Gasteiger partial charge on any atom is -0.497 e. The second-order valence-electron chi connectivity index (χ2n) is 11.5. The maximum Gasteiger partial charge on any atom is 0.351 e. The summed E-state index contributed by atoms with van der Waals surface area (Å²) in [5.74, 6) is 1.19. The first kappa shape index (κ1) is 32.6. The van der Waals surface area contributed by atoms with Crippen LogP contribution in [-0.4, -0.2) is 53.6 Å². The van der Waals surface area contributed by atoms with Crippen molar-refractivity contribution in [1.82, 2.24) is 9.55 Å². The quantitative estimate of drug-likeness (QED) is 0.181. The van der Waals surface area contributed by atoms with Crippen LogP contribution in [0.5, 0.6) is 11.5 Å². The normalized spacial score (nSPS) is 17.5. The number of benzene rings is 4. The third-order valence-corrected chi connectivity index (χ3v) is 8.55. The second-order valence-corrected chi connectivity index (χ2v) is 11.5. The van der Waals surface area contributed by atoms with Crippen LogP contribution in [0.15, 0.2) is 120 Å². The van der Waals surface area contributed by atoms with Gasteiger partial charge in [0.25, 0.3) is 5.91 Å². The van der Waals surface area contributed by atoms with Gasteiger partial charge in [-0.25, -0.2) is 4.79 Å². The van der Waals surface area contributed by atoms with E-state index in [4.69, 9.17) is 18.9 Å². The summed E-state index contributed by atoms with van der Waals surface area (Å²) in [5.41, 5.74) is 1.85. The highest BCUT2D eigenvalue weighted by Gasteiger charge is 2.42. The highest BCUT2D eigenvalue weighted by Crippen LogP contribution is 2.42. The zero-order valence-corrected chi connectivity index (χ0v) is 26.9. The van der Waals surface area contributed by atoms with Crippen molar-refractivity contribution in [2.75, 3.05) is 26.1 Å². The number of aliphatic hydroxyl groups excluding tert-OH is 1. The lowest BCUT2D eigenvalue weighted by Gasteiger charge is -2.37. The highest BCUT2D eigenvalue weighted by molar-refractivity contribution is 6.04. The monoisotopic (exact) mass is 647 g/mol. The van der Waals surface area contributed by atoms with Gasteiger partial charge in [-0.1, -0.05) is 72.8 Å². The summed E-state index contributed by atoms with van der Waals surface area (Å²) in [6.45, 7) is 1.74. The van der Waals surface area contributed by atoms with Crippen molar-refractivity contribution in [2.24, 2.45) is 0 Å². The number of aromatic nitrogens is 2. The predicted molar refractivity (Wildman–Crippen MR) is 180 cm³/mol. The number of hydrogen-bond donors (Lipinski definition) is 2. The van der Waals surface area contributed by atoms with E-state index in [0.717, 1.165) is 16.7 Å². The van der Waals surface area contributed by atoms with Gasteiger partial charge < -0.3 is 29.4 Å². The van der Waals surface area contributed by atoms with E-state index in [1.807, 2.05) is 84.9 Å². The van der Waals surface area contributed by atoms with Crippen molar-refractivity contribution in [1.29, 1.82) is 0 Å². The van der Waals surface area contributed by atoms with Gasteiger partial charge in [-0.2, -0.15) is 4.98 Å².